The Morgan fingerprint density at radius 3 is 3.00 bits per heavy atom. The molecule has 1 aromatic rings. The quantitative estimate of drug-likeness (QED) is 0.484. The first-order chi connectivity index (χ1) is 5.84. The number of rotatable bonds is 5. The highest BCUT2D eigenvalue weighted by atomic mass is 16.1. The van der Waals surface area contributed by atoms with Crippen LogP contribution in [0.5, 0.6) is 0 Å². The molecule has 0 unspecified atom stereocenters. The minimum absolute atomic E-state index is 0.647. The highest BCUT2D eigenvalue weighted by molar-refractivity contribution is 5.48. The third kappa shape index (κ3) is 2.45. The number of carbonyl (C=O) groups excluding carboxylic acids is 1. The van der Waals surface area contributed by atoms with Crippen LogP contribution >= 0.6 is 0 Å². The van der Waals surface area contributed by atoms with E-state index in [1.807, 2.05) is 11.6 Å². The van der Waals surface area contributed by atoms with E-state index >= 15 is 0 Å². The lowest BCUT2D eigenvalue weighted by molar-refractivity contribution is -0.107. The second-order valence-corrected chi connectivity index (χ2v) is 2.69. The Morgan fingerprint density at radius 1 is 1.58 bits per heavy atom. The van der Waals surface area contributed by atoms with Gasteiger partial charge in [0, 0.05) is 13.0 Å². The number of aldehydes is 1. The van der Waals surface area contributed by atoms with Crippen molar-refractivity contribution in [2.75, 3.05) is 0 Å². The van der Waals surface area contributed by atoms with Gasteiger partial charge in [-0.25, -0.2) is 4.98 Å². The maximum atomic E-state index is 10.00. The Labute approximate surface area is 71.6 Å². The molecular formula is C8H13N3O. The maximum Gasteiger partial charge on any atom is 0.138 e. The smallest absolute Gasteiger partial charge is 0.138 e. The van der Waals surface area contributed by atoms with Crippen LogP contribution in [0, 0.1) is 6.92 Å². The van der Waals surface area contributed by atoms with Crippen molar-refractivity contribution in [3.05, 3.63) is 12.2 Å². The highest BCUT2D eigenvalue weighted by Crippen LogP contribution is 1.98. The van der Waals surface area contributed by atoms with Crippen LogP contribution in [-0.4, -0.2) is 21.1 Å². The number of carbonyl (C=O) groups is 1. The van der Waals surface area contributed by atoms with Crippen molar-refractivity contribution >= 4 is 6.29 Å². The summed E-state index contributed by atoms with van der Waals surface area (Å²) in [6, 6.07) is 0. The molecule has 0 spiro atoms. The van der Waals surface area contributed by atoms with E-state index in [-0.39, 0.29) is 0 Å². The molecule has 0 fully saturated rings. The molecule has 66 valence electrons. The zero-order chi connectivity index (χ0) is 8.81. The number of hydrogen-bond donors (Lipinski definition) is 0. The van der Waals surface area contributed by atoms with Gasteiger partial charge in [-0.2, -0.15) is 5.10 Å². The van der Waals surface area contributed by atoms with Crippen molar-refractivity contribution < 1.29 is 4.79 Å². The van der Waals surface area contributed by atoms with Gasteiger partial charge in [0.05, 0.1) is 0 Å². The molecule has 0 bridgehead atoms. The number of unbranched alkanes of at least 4 members (excludes halogenated alkanes) is 2. The minimum Gasteiger partial charge on any atom is -0.303 e. The predicted octanol–water partition coefficient (Wildman–Crippen LogP) is 0.956. The largest absolute Gasteiger partial charge is 0.303 e. The first-order valence-corrected chi connectivity index (χ1v) is 4.12. The lowest BCUT2D eigenvalue weighted by Crippen LogP contribution is -2.02. The summed E-state index contributed by atoms with van der Waals surface area (Å²) in [5.41, 5.74) is 0. The van der Waals surface area contributed by atoms with Crippen LogP contribution in [0.15, 0.2) is 6.33 Å². The van der Waals surface area contributed by atoms with Gasteiger partial charge in [-0.05, 0) is 19.8 Å². The van der Waals surface area contributed by atoms with Crippen LogP contribution in [-0.2, 0) is 11.3 Å². The Hall–Kier alpha value is -1.19. The molecule has 4 nitrogen and oxygen atoms in total. The van der Waals surface area contributed by atoms with E-state index in [2.05, 4.69) is 10.1 Å². The topological polar surface area (TPSA) is 47.8 Å². The summed E-state index contributed by atoms with van der Waals surface area (Å²) in [5.74, 6) is 0.932. The molecule has 0 atom stereocenters. The molecule has 1 heterocycles. The average Bonchev–Trinajstić information content (AvgIpc) is 2.46. The number of aromatic nitrogens is 3. The summed E-state index contributed by atoms with van der Waals surface area (Å²) in [6.45, 7) is 2.78. The fourth-order valence-electron chi connectivity index (χ4n) is 1.03. The van der Waals surface area contributed by atoms with Crippen molar-refractivity contribution in [3.8, 4) is 0 Å². The van der Waals surface area contributed by atoms with Gasteiger partial charge in [-0.15, -0.1) is 0 Å². The molecule has 0 aromatic carbocycles. The molecule has 4 heteroatoms. The maximum absolute atomic E-state index is 10.00. The summed E-state index contributed by atoms with van der Waals surface area (Å²) in [6.07, 6.45) is 5.07. The fraction of sp³-hybridized carbons (Fsp3) is 0.625. The van der Waals surface area contributed by atoms with Crippen molar-refractivity contribution in [2.45, 2.75) is 32.7 Å². The molecular weight excluding hydrogens is 154 g/mol. The monoisotopic (exact) mass is 167 g/mol. The minimum atomic E-state index is 0.647. The summed E-state index contributed by atoms with van der Waals surface area (Å²) in [7, 11) is 0. The van der Waals surface area contributed by atoms with Gasteiger partial charge < -0.3 is 4.79 Å². The van der Waals surface area contributed by atoms with Crippen LogP contribution in [0.3, 0.4) is 0 Å². The zero-order valence-electron chi connectivity index (χ0n) is 7.23. The van der Waals surface area contributed by atoms with Crippen molar-refractivity contribution in [1.29, 1.82) is 0 Å². The summed E-state index contributed by atoms with van der Waals surface area (Å²) in [5, 5.41) is 4.03. The second-order valence-electron chi connectivity index (χ2n) is 2.69. The van der Waals surface area contributed by atoms with Gasteiger partial charge >= 0.3 is 0 Å². The normalized spacial score (nSPS) is 10.1. The molecule has 0 radical (unpaired) electrons. The van der Waals surface area contributed by atoms with E-state index in [9.17, 15) is 4.79 Å². The molecule has 0 saturated heterocycles. The van der Waals surface area contributed by atoms with Crippen LogP contribution in [0.4, 0.5) is 0 Å². The van der Waals surface area contributed by atoms with E-state index in [4.69, 9.17) is 0 Å². The molecule has 0 aliphatic carbocycles. The van der Waals surface area contributed by atoms with Gasteiger partial charge in [0.1, 0.15) is 18.4 Å². The van der Waals surface area contributed by atoms with Crippen LogP contribution in [0.1, 0.15) is 25.1 Å². The highest BCUT2D eigenvalue weighted by Gasteiger charge is 1.96. The van der Waals surface area contributed by atoms with Crippen molar-refractivity contribution in [2.24, 2.45) is 0 Å². The van der Waals surface area contributed by atoms with Crippen LogP contribution < -0.4 is 0 Å². The van der Waals surface area contributed by atoms with E-state index in [1.54, 1.807) is 6.33 Å². The number of aryl methyl sites for hydroxylation is 2. The Bertz CT molecular complexity index is 244. The average molecular weight is 167 g/mol. The SMILES string of the molecule is Cc1ncnn1CCCCC=O. The third-order valence-electron chi connectivity index (χ3n) is 1.75. The van der Waals surface area contributed by atoms with Gasteiger partial charge in [0.2, 0.25) is 0 Å². The number of nitrogens with zero attached hydrogens (tertiary/aromatic N) is 3. The zero-order valence-corrected chi connectivity index (χ0v) is 7.23. The Morgan fingerprint density at radius 2 is 2.42 bits per heavy atom. The third-order valence-corrected chi connectivity index (χ3v) is 1.75. The lowest BCUT2D eigenvalue weighted by Gasteiger charge is -2.00. The van der Waals surface area contributed by atoms with E-state index < -0.39 is 0 Å². The first-order valence-electron chi connectivity index (χ1n) is 4.12. The fourth-order valence-corrected chi connectivity index (χ4v) is 1.03. The van der Waals surface area contributed by atoms with Crippen molar-refractivity contribution in [1.82, 2.24) is 14.8 Å². The molecule has 0 aliphatic heterocycles. The Kier molecular flexibility index (Phi) is 3.44. The molecule has 0 aliphatic rings. The molecule has 1 aromatic heterocycles. The summed E-state index contributed by atoms with van der Waals surface area (Å²) < 4.78 is 1.85. The second kappa shape index (κ2) is 4.64. The summed E-state index contributed by atoms with van der Waals surface area (Å²) >= 11 is 0. The first kappa shape index (κ1) is 8.90. The van der Waals surface area contributed by atoms with Crippen LogP contribution in [0.2, 0.25) is 0 Å². The van der Waals surface area contributed by atoms with Gasteiger partial charge in [-0.1, -0.05) is 0 Å². The molecule has 12 heavy (non-hydrogen) atoms. The molecule has 0 saturated carbocycles. The van der Waals surface area contributed by atoms with Crippen molar-refractivity contribution in [3.63, 3.8) is 0 Å². The van der Waals surface area contributed by atoms with Gasteiger partial charge in [-0.3, -0.25) is 4.68 Å². The van der Waals surface area contributed by atoms with Gasteiger partial charge in [0.15, 0.2) is 0 Å². The van der Waals surface area contributed by atoms with Gasteiger partial charge in [0.25, 0.3) is 0 Å². The molecule has 0 N–H and O–H groups in total. The Balaban J connectivity index is 2.24. The summed E-state index contributed by atoms with van der Waals surface area (Å²) in [4.78, 5) is 14.0. The standard InChI is InChI=1S/C8H13N3O/c1-8-9-7-10-11(8)5-3-2-4-6-12/h6-7H,2-5H2,1H3. The van der Waals surface area contributed by atoms with E-state index in [1.165, 1.54) is 0 Å². The van der Waals surface area contributed by atoms with E-state index in [0.717, 1.165) is 31.5 Å². The van der Waals surface area contributed by atoms with Crippen LogP contribution in [0.25, 0.3) is 0 Å². The predicted molar refractivity (Wildman–Crippen MR) is 44.7 cm³/mol. The lowest BCUT2D eigenvalue weighted by atomic mass is 10.2. The number of hydrogen-bond acceptors (Lipinski definition) is 3. The van der Waals surface area contributed by atoms with E-state index in [0.29, 0.717) is 6.42 Å². The molecule has 1 rings (SSSR count). The molecule has 0 amide bonds.